The molecule has 3 nitrogen and oxygen atoms in total. The highest BCUT2D eigenvalue weighted by Crippen LogP contribution is 2.25. The standard InChI is InChI=1S/C17H18O3/c1-19-16(14-11-7-4-8-12-14)17(20-2)15(18)13-9-5-3-6-10-13/h3-12,16-17H,1-2H3. The van der Waals surface area contributed by atoms with E-state index in [-0.39, 0.29) is 5.78 Å². The molecule has 2 rings (SSSR count). The van der Waals surface area contributed by atoms with Gasteiger partial charge in [0.15, 0.2) is 11.9 Å². The predicted molar refractivity (Wildman–Crippen MR) is 77.8 cm³/mol. The first-order chi connectivity index (χ1) is 9.77. The summed E-state index contributed by atoms with van der Waals surface area (Å²) < 4.78 is 10.9. The van der Waals surface area contributed by atoms with Crippen LogP contribution in [0.1, 0.15) is 22.0 Å². The molecule has 20 heavy (non-hydrogen) atoms. The molecule has 104 valence electrons. The van der Waals surface area contributed by atoms with Crippen LogP contribution in [0.4, 0.5) is 0 Å². The van der Waals surface area contributed by atoms with Crippen LogP contribution in [0.5, 0.6) is 0 Å². The lowest BCUT2D eigenvalue weighted by atomic mass is 9.97. The Morgan fingerprint density at radius 3 is 1.90 bits per heavy atom. The third-order valence-electron chi connectivity index (χ3n) is 3.23. The molecule has 0 fully saturated rings. The molecule has 0 aliphatic heterocycles. The lowest BCUT2D eigenvalue weighted by Crippen LogP contribution is -2.31. The van der Waals surface area contributed by atoms with Gasteiger partial charge in [-0.1, -0.05) is 60.7 Å². The van der Waals surface area contributed by atoms with Crippen LogP contribution in [0, 0.1) is 0 Å². The number of methoxy groups -OCH3 is 2. The first kappa shape index (κ1) is 14.4. The van der Waals surface area contributed by atoms with Crippen LogP contribution in [-0.4, -0.2) is 26.1 Å². The lowest BCUT2D eigenvalue weighted by molar-refractivity contribution is -0.0243. The van der Waals surface area contributed by atoms with Crippen LogP contribution in [0.3, 0.4) is 0 Å². The zero-order valence-corrected chi connectivity index (χ0v) is 11.7. The SMILES string of the molecule is COC(C(=O)c1ccccc1)C(OC)c1ccccc1. The van der Waals surface area contributed by atoms with E-state index in [4.69, 9.17) is 9.47 Å². The largest absolute Gasteiger partial charge is 0.374 e. The molecule has 2 unspecified atom stereocenters. The van der Waals surface area contributed by atoms with Crippen molar-refractivity contribution in [2.45, 2.75) is 12.2 Å². The van der Waals surface area contributed by atoms with Gasteiger partial charge in [-0.3, -0.25) is 4.79 Å². The minimum Gasteiger partial charge on any atom is -0.374 e. The maximum atomic E-state index is 12.5. The van der Waals surface area contributed by atoms with Gasteiger partial charge in [-0.25, -0.2) is 0 Å². The number of carbonyl (C=O) groups is 1. The normalized spacial score (nSPS) is 13.7. The molecule has 0 aromatic heterocycles. The Balaban J connectivity index is 2.29. The van der Waals surface area contributed by atoms with Gasteiger partial charge < -0.3 is 9.47 Å². The molecule has 0 spiro atoms. The minimum absolute atomic E-state index is 0.0798. The van der Waals surface area contributed by atoms with Crippen LogP contribution in [-0.2, 0) is 9.47 Å². The van der Waals surface area contributed by atoms with E-state index >= 15 is 0 Å². The number of ether oxygens (including phenoxy) is 2. The van der Waals surface area contributed by atoms with Crippen LogP contribution in [0.2, 0.25) is 0 Å². The van der Waals surface area contributed by atoms with Crippen LogP contribution in [0.25, 0.3) is 0 Å². The fourth-order valence-electron chi connectivity index (χ4n) is 2.21. The van der Waals surface area contributed by atoms with E-state index in [0.717, 1.165) is 5.56 Å². The first-order valence-corrected chi connectivity index (χ1v) is 6.47. The Morgan fingerprint density at radius 2 is 1.40 bits per heavy atom. The Hall–Kier alpha value is -1.97. The van der Waals surface area contributed by atoms with Crippen LogP contribution >= 0.6 is 0 Å². The highest BCUT2D eigenvalue weighted by molar-refractivity contribution is 5.99. The van der Waals surface area contributed by atoms with Crippen molar-refractivity contribution in [3.05, 3.63) is 71.8 Å². The second-order valence-electron chi connectivity index (χ2n) is 4.45. The smallest absolute Gasteiger partial charge is 0.194 e. The molecular formula is C17H18O3. The molecule has 2 aromatic rings. The van der Waals surface area contributed by atoms with E-state index in [1.807, 2.05) is 48.5 Å². The summed E-state index contributed by atoms with van der Waals surface area (Å²) in [6.45, 7) is 0. The van der Waals surface area contributed by atoms with Gasteiger partial charge in [0.1, 0.15) is 6.10 Å². The number of rotatable bonds is 6. The average Bonchev–Trinajstić information content (AvgIpc) is 2.53. The van der Waals surface area contributed by atoms with Crippen LogP contribution < -0.4 is 0 Å². The van der Waals surface area contributed by atoms with Gasteiger partial charge in [-0.05, 0) is 5.56 Å². The Morgan fingerprint density at radius 1 is 0.850 bits per heavy atom. The van der Waals surface area contributed by atoms with Gasteiger partial charge in [-0.15, -0.1) is 0 Å². The summed E-state index contributed by atoms with van der Waals surface area (Å²) in [7, 11) is 3.11. The topological polar surface area (TPSA) is 35.5 Å². The number of Topliss-reactive ketones (excluding diaryl/α,β-unsaturated/α-hetero) is 1. The summed E-state index contributed by atoms with van der Waals surface area (Å²) in [5.74, 6) is -0.0798. The Labute approximate surface area is 119 Å². The average molecular weight is 270 g/mol. The summed E-state index contributed by atoms with van der Waals surface area (Å²) >= 11 is 0. The van der Waals surface area contributed by atoms with E-state index in [1.165, 1.54) is 7.11 Å². The molecule has 0 saturated heterocycles. The van der Waals surface area contributed by atoms with E-state index < -0.39 is 12.2 Å². The molecule has 0 amide bonds. The number of carbonyl (C=O) groups excluding carboxylic acids is 1. The van der Waals surface area contributed by atoms with Crippen molar-refractivity contribution in [3.63, 3.8) is 0 Å². The monoisotopic (exact) mass is 270 g/mol. The minimum atomic E-state index is -0.662. The van der Waals surface area contributed by atoms with Gasteiger partial charge in [-0.2, -0.15) is 0 Å². The van der Waals surface area contributed by atoms with Crippen molar-refractivity contribution in [1.82, 2.24) is 0 Å². The van der Waals surface area contributed by atoms with Crippen LogP contribution in [0.15, 0.2) is 60.7 Å². The summed E-state index contributed by atoms with van der Waals surface area (Å²) in [6, 6.07) is 18.7. The molecule has 0 saturated carbocycles. The van der Waals surface area contributed by atoms with Crippen molar-refractivity contribution in [1.29, 1.82) is 0 Å². The third-order valence-corrected chi connectivity index (χ3v) is 3.23. The van der Waals surface area contributed by atoms with E-state index in [1.54, 1.807) is 19.2 Å². The fraction of sp³-hybridized carbons (Fsp3) is 0.235. The fourth-order valence-corrected chi connectivity index (χ4v) is 2.21. The van der Waals surface area contributed by atoms with Crippen molar-refractivity contribution < 1.29 is 14.3 Å². The molecule has 0 bridgehead atoms. The highest BCUT2D eigenvalue weighted by atomic mass is 16.5. The summed E-state index contributed by atoms with van der Waals surface area (Å²) in [6.07, 6.45) is -1.08. The number of hydrogen-bond acceptors (Lipinski definition) is 3. The van der Waals surface area contributed by atoms with E-state index in [0.29, 0.717) is 5.56 Å². The van der Waals surface area contributed by atoms with Crippen molar-refractivity contribution in [2.75, 3.05) is 14.2 Å². The maximum Gasteiger partial charge on any atom is 0.194 e. The van der Waals surface area contributed by atoms with Crippen molar-refractivity contribution in [3.8, 4) is 0 Å². The molecule has 0 aliphatic rings. The number of benzene rings is 2. The second-order valence-corrected chi connectivity index (χ2v) is 4.45. The Kier molecular flexibility index (Phi) is 5.04. The molecule has 3 heteroatoms. The number of ketones is 1. The second kappa shape index (κ2) is 6.98. The summed E-state index contributed by atoms with van der Waals surface area (Å²) in [4.78, 5) is 12.5. The van der Waals surface area contributed by atoms with Gasteiger partial charge >= 0.3 is 0 Å². The zero-order valence-electron chi connectivity index (χ0n) is 11.7. The summed E-state index contributed by atoms with van der Waals surface area (Å²) in [5.41, 5.74) is 1.54. The lowest BCUT2D eigenvalue weighted by Gasteiger charge is -2.24. The molecule has 2 atom stereocenters. The molecular weight excluding hydrogens is 252 g/mol. The molecule has 0 heterocycles. The molecule has 0 N–H and O–H groups in total. The molecule has 0 radical (unpaired) electrons. The van der Waals surface area contributed by atoms with Crippen molar-refractivity contribution >= 4 is 5.78 Å². The quantitative estimate of drug-likeness (QED) is 0.756. The predicted octanol–water partition coefficient (Wildman–Crippen LogP) is 3.27. The van der Waals surface area contributed by atoms with Gasteiger partial charge in [0.25, 0.3) is 0 Å². The van der Waals surface area contributed by atoms with E-state index in [9.17, 15) is 4.79 Å². The van der Waals surface area contributed by atoms with Gasteiger partial charge in [0, 0.05) is 19.8 Å². The zero-order chi connectivity index (χ0) is 14.4. The molecule has 0 aliphatic carbocycles. The Bertz CT molecular complexity index is 537. The molecule has 2 aromatic carbocycles. The van der Waals surface area contributed by atoms with Gasteiger partial charge in [0.2, 0.25) is 0 Å². The van der Waals surface area contributed by atoms with Gasteiger partial charge in [0.05, 0.1) is 0 Å². The summed E-state index contributed by atoms with van der Waals surface area (Å²) in [5, 5.41) is 0. The van der Waals surface area contributed by atoms with Crippen molar-refractivity contribution in [2.24, 2.45) is 0 Å². The maximum absolute atomic E-state index is 12.5. The van der Waals surface area contributed by atoms with E-state index in [2.05, 4.69) is 0 Å². The number of hydrogen-bond donors (Lipinski definition) is 0. The highest BCUT2D eigenvalue weighted by Gasteiger charge is 2.30. The first-order valence-electron chi connectivity index (χ1n) is 6.47. The third kappa shape index (κ3) is 3.13.